The number of hydrogen-bond acceptors (Lipinski definition) is 2. The largest absolute Gasteiger partial charge is 0.324 e. The molecule has 0 bridgehead atoms. The van der Waals surface area contributed by atoms with Crippen LogP contribution in [0.1, 0.15) is 43.9 Å². The molecule has 17 heavy (non-hydrogen) atoms. The molecule has 0 saturated carbocycles. The third kappa shape index (κ3) is 4.72. The first kappa shape index (κ1) is 15.9. The fraction of sp³-hybridized carbons (Fsp3) is 0.462. The Balaban J connectivity index is 0.00000256. The molecule has 1 aromatic rings. The molecule has 0 heterocycles. The Bertz CT molecular complexity index is 399. The Kier molecular flexibility index (Phi) is 6.79. The Hall–Kier alpha value is -1.11. The molecule has 4 heteroatoms. The Morgan fingerprint density at radius 2 is 2.00 bits per heavy atom. The summed E-state index contributed by atoms with van der Waals surface area (Å²) in [4.78, 5) is 0. The van der Waals surface area contributed by atoms with Gasteiger partial charge < -0.3 is 5.73 Å². The molecule has 0 saturated heterocycles. The Morgan fingerprint density at radius 3 is 2.53 bits per heavy atom. The van der Waals surface area contributed by atoms with Crippen molar-refractivity contribution >= 4 is 12.4 Å². The van der Waals surface area contributed by atoms with Crippen molar-refractivity contribution in [2.45, 2.75) is 32.7 Å². The van der Waals surface area contributed by atoms with Gasteiger partial charge in [0.05, 0.1) is 5.56 Å². The average molecular weight is 257 g/mol. The highest BCUT2D eigenvalue weighted by Crippen LogP contribution is 2.20. The van der Waals surface area contributed by atoms with Gasteiger partial charge in [-0.1, -0.05) is 19.9 Å². The maximum absolute atomic E-state index is 13.1. The zero-order valence-electron chi connectivity index (χ0n) is 10.1. The summed E-state index contributed by atoms with van der Waals surface area (Å²) in [6, 6.07) is 6.21. The van der Waals surface area contributed by atoms with Gasteiger partial charge in [-0.05, 0) is 36.5 Å². The van der Waals surface area contributed by atoms with E-state index in [2.05, 4.69) is 13.8 Å². The van der Waals surface area contributed by atoms with Gasteiger partial charge in [-0.15, -0.1) is 12.4 Å². The van der Waals surface area contributed by atoms with Gasteiger partial charge in [0.25, 0.3) is 0 Å². The van der Waals surface area contributed by atoms with E-state index in [9.17, 15) is 4.39 Å². The standard InChI is InChI=1S/C13H17FN2.ClH/c1-9(2)3-6-13(16)10-4-5-12(14)11(7-10)8-15;/h4-5,7,9,13H,3,6,16H2,1-2H3;1H/t13-;/m1./s1. The van der Waals surface area contributed by atoms with Crippen molar-refractivity contribution in [1.29, 1.82) is 5.26 Å². The van der Waals surface area contributed by atoms with Crippen LogP contribution in [-0.4, -0.2) is 0 Å². The normalized spacial score (nSPS) is 11.8. The summed E-state index contributed by atoms with van der Waals surface area (Å²) in [5.41, 5.74) is 6.88. The number of nitriles is 1. The maximum Gasteiger partial charge on any atom is 0.140 e. The molecule has 1 aromatic carbocycles. The molecule has 2 N–H and O–H groups in total. The summed E-state index contributed by atoms with van der Waals surface area (Å²) >= 11 is 0. The molecule has 0 fully saturated rings. The molecule has 0 radical (unpaired) electrons. The molecule has 0 spiro atoms. The minimum absolute atomic E-state index is 0. The van der Waals surface area contributed by atoms with Crippen molar-refractivity contribution in [2.24, 2.45) is 11.7 Å². The topological polar surface area (TPSA) is 49.8 Å². The van der Waals surface area contributed by atoms with Gasteiger partial charge in [0, 0.05) is 6.04 Å². The van der Waals surface area contributed by atoms with Crippen LogP contribution in [0.3, 0.4) is 0 Å². The number of rotatable bonds is 4. The fourth-order valence-corrected chi connectivity index (χ4v) is 1.54. The highest BCUT2D eigenvalue weighted by atomic mass is 35.5. The lowest BCUT2D eigenvalue weighted by molar-refractivity contribution is 0.506. The molecule has 0 aliphatic rings. The van der Waals surface area contributed by atoms with Crippen molar-refractivity contribution in [1.82, 2.24) is 0 Å². The second-order valence-corrected chi connectivity index (χ2v) is 4.43. The van der Waals surface area contributed by atoms with Gasteiger partial charge >= 0.3 is 0 Å². The molecular weight excluding hydrogens is 239 g/mol. The van der Waals surface area contributed by atoms with Crippen LogP contribution in [0.4, 0.5) is 4.39 Å². The third-order valence-electron chi connectivity index (χ3n) is 2.59. The van der Waals surface area contributed by atoms with Crippen LogP contribution in [0.15, 0.2) is 18.2 Å². The fourth-order valence-electron chi connectivity index (χ4n) is 1.54. The van der Waals surface area contributed by atoms with Gasteiger partial charge in [0.1, 0.15) is 11.9 Å². The van der Waals surface area contributed by atoms with Crippen molar-refractivity contribution in [2.75, 3.05) is 0 Å². The lowest BCUT2D eigenvalue weighted by Gasteiger charge is -2.13. The van der Waals surface area contributed by atoms with Crippen LogP contribution in [0.2, 0.25) is 0 Å². The predicted molar refractivity (Wildman–Crippen MR) is 69.4 cm³/mol. The van der Waals surface area contributed by atoms with E-state index >= 15 is 0 Å². The van der Waals surface area contributed by atoms with Crippen molar-refractivity contribution in [3.05, 3.63) is 35.1 Å². The van der Waals surface area contributed by atoms with Crippen LogP contribution < -0.4 is 5.73 Å². The van der Waals surface area contributed by atoms with Gasteiger partial charge in [0.15, 0.2) is 0 Å². The van der Waals surface area contributed by atoms with Crippen LogP contribution in [0, 0.1) is 23.1 Å². The Labute approximate surface area is 108 Å². The molecule has 0 unspecified atom stereocenters. The number of halogens is 2. The van der Waals surface area contributed by atoms with E-state index in [4.69, 9.17) is 11.0 Å². The highest BCUT2D eigenvalue weighted by molar-refractivity contribution is 5.85. The number of nitrogens with zero attached hydrogens (tertiary/aromatic N) is 1. The molecule has 0 aromatic heterocycles. The van der Waals surface area contributed by atoms with Crippen molar-refractivity contribution in [3.63, 3.8) is 0 Å². The molecule has 1 atom stereocenters. The zero-order valence-corrected chi connectivity index (χ0v) is 10.9. The zero-order chi connectivity index (χ0) is 12.1. The predicted octanol–water partition coefficient (Wildman–Crippen LogP) is 3.56. The quantitative estimate of drug-likeness (QED) is 0.896. The minimum atomic E-state index is -0.484. The average Bonchev–Trinajstić information content (AvgIpc) is 2.26. The second-order valence-electron chi connectivity index (χ2n) is 4.43. The van der Waals surface area contributed by atoms with E-state index in [0.717, 1.165) is 18.4 Å². The number of benzene rings is 1. The van der Waals surface area contributed by atoms with Crippen molar-refractivity contribution in [3.8, 4) is 6.07 Å². The molecule has 0 aliphatic carbocycles. The van der Waals surface area contributed by atoms with E-state index < -0.39 is 5.82 Å². The lowest BCUT2D eigenvalue weighted by atomic mass is 9.97. The first-order chi connectivity index (χ1) is 7.54. The molecular formula is C13H18ClFN2. The summed E-state index contributed by atoms with van der Waals surface area (Å²) in [5.74, 6) is 0.115. The molecule has 1 rings (SSSR count). The van der Waals surface area contributed by atoms with Gasteiger partial charge in [-0.2, -0.15) is 5.26 Å². The molecule has 94 valence electrons. The second kappa shape index (κ2) is 7.26. The van der Waals surface area contributed by atoms with E-state index in [1.165, 1.54) is 6.07 Å². The van der Waals surface area contributed by atoms with E-state index in [-0.39, 0.29) is 24.0 Å². The van der Waals surface area contributed by atoms with Crippen LogP contribution in [0.25, 0.3) is 0 Å². The maximum atomic E-state index is 13.1. The summed E-state index contributed by atoms with van der Waals surface area (Å²) < 4.78 is 13.1. The van der Waals surface area contributed by atoms with E-state index in [1.807, 2.05) is 6.07 Å². The summed E-state index contributed by atoms with van der Waals surface area (Å²) in [7, 11) is 0. The summed E-state index contributed by atoms with van der Waals surface area (Å²) in [5, 5.41) is 8.71. The van der Waals surface area contributed by atoms with Gasteiger partial charge in [0.2, 0.25) is 0 Å². The number of hydrogen-bond donors (Lipinski definition) is 1. The molecule has 0 amide bonds. The smallest absolute Gasteiger partial charge is 0.140 e. The highest BCUT2D eigenvalue weighted by Gasteiger charge is 2.10. The van der Waals surface area contributed by atoms with Gasteiger partial charge in [-0.3, -0.25) is 0 Å². The van der Waals surface area contributed by atoms with Crippen molar-refractivity contribution < 1.29 is 4.39 Å². The first-order valence-corrected chi connectivity index (χ1v) is 5.49. The van der Waals surface area contributed by atoms with Crippen LogP contribution in [0.5, 0.6) is 0 Å². The lowest BCUT2D eigenvalue weighted by Crippen LogP contribution is -2.11. The summed E-state index contributed by atoms with van der Waals surface area (Å²) in [6.45, 7) is 4.27. The minimum Gasteiger partial charge on any atom is -0.324 e. The Morgan fingerprint density at radius 1 is 1.35 bits per heavy atom. The molecule has 0 aliphatic heterocycles. The van der Waals surface area contributed by atoms with E-state index in [0.29, 0.717) is 5.92 Å². The third-order valence-corrected chi connectivity index (χ3v) is 2.59. The van der Waals surface area contributed by atoms with Crippen LogP contribution in [-0.2, 0) is 0 Å². The van der Waals surface area contributed by atoms with Gasteiger partial charge in [-0.25, -0.2) is 4.39 Å². The number of nitrogens with two attached hydrogens (primary N) is 1. The van der Waals surface area contributed by atoms with E-state index in [1.54, 1.807) is 12.1 Å². The SMILES string of the molecule is CC(C)CC[C@@H](N)c1ccc(F)c(C#N)c1.Cl. The van der Waals surface area contributed by atoms with Crippen LogP contribution >= 0.6 is 12.4 Å². The monoisotopic (exact) mass is 256 g/mol. The summed E-state index contributed by atoms with van der Waals surface area (Å²) in [6.07, 6.45) is 1.88. The molecule has 2 nitrogen and oxygen atoms in total. The first-order valence-electron chi connectivity index (χ1n) is 5.49.